The Bertz CT molecular complexity index is 65.3. The number of carbonyl (C=O) groups is 2. The largest absolute Gasteiger partial charge is 0.313 e. The molecule has 0 aliphatic rings. The number of nitrogens with zero attached hydrogens (tertiary/aromatic N) is 1. The van der Waals surface area contributed by atoms with Gasteiger partial charge in [0.2, 0.25) is 12.8 Å². The Balaban J connectivity index is 3.36. The van der Waals surface area contributed by atoms with Gasteiger partial charge in [-0.15, -0.1) is 0 Å². The van der Waals surface area contributed by atoms with Crippen molar-refractivity contribution in [2.45, 2.75) is 0 Å². The highest BCUT2D eigenvalue weighted by Crippen LogP contribution is 1.62. The Kier molecular flexibility index (Phi) is 2.87. The normalized spacial score (nSPS) is 7.57. The van der Waals surface area contributed by atoms with Gasteiger partial charge in [-0.1, -0.05) is 0 Å². The maximum atomic E-state index is 9.58. The summed E-state index contributed by atoms with van der Waals surface area (Å²) in [6.07, 6.45) is 0.736. The molecule has 0 aliphatic heterocycles. The van der Waals surface area contributed by atoms with Gasteiger partial charge in [-0.2, -0.15) is 0 Å². The minimum absolute atomic E-state index is 0.0486. The first-order chi connectivity index (χ1) is 3.35. The van der Waals surface area contributed by atoms with Crippen molar-refractivity contribution in [1.82, 2.24) is 4.90 Å². The number of rotatable bonds is 3. The third-order valence-electron chi connectivity index (χ3n) is 0.482. The summed E-state index contributed by atoms with van der Waals surface area (Å²) in [6.45, 7) is -0.0486. The van der Waals surface area contributed by atoms with Gasteiger partial charge < -0.3 is 5.73 Å². The van der Waals surface area contributed by atoms with Crippen LogP contribution in [0.5, 0.6) is 0 Å². The van der Waals surface area contributed by atoms with Crippen LogP contribution >= 0.6 is 0 Å². The third kappa shape index (κ3) is 1.88. The first-order valence-electron chi connectivity index (χ1n) is 1.71. The maximum absolute atomic E-state index is 9.58. The molecule has 0 aliphatic carbocycles. The van der Waals surface area contributed by atoms with E-state index in [-0.39, 0.29) is 6.67 Å². The number of hydrogen-bond donors (Lipinski definition) is 1. The molecule has 0 unspecified atom stereocenters. The van der Waals surface area contributed by atoms with E-state index >= 15 is 0 Å². The second-order valence-corrected chi connectivity index (χ2v) is 0.908. The first-order valence-corrected chi connectivity index (χ1v) is 1.71. The zero-order valence-corrected chi connectivity index (χ0v) is 3.70. The zero-order valence-electron chi connectivity index (χ0n) is 3.70. The van der Waals surface area contributed by atoms with Gasteiger partial charge in [0.05, 0.1) is 6.67 Å². The molecule has 0 rings (SSSR count). The van der Waals surface area contributed by atoms with Crippen LogP contribution in [-0.2, 0) is 9.59 Å². The van der Waals surface area contributed by atoms with Gasteiger partial charge in [-0.05, 0) is 0 Å². The second-order valence-electron chi connectivity index (χ2n) is 0.908. The van der Waals surface area contributed by atoms with Gasteiger partial charge in [0.15, 0.2) is 0 Å². The van der Waals surface area contributed by atoms with Crippen molar-refractivity contribution in [1.29, 1.82) is 0 Å². The topological polar surface area (TPSA) is 63.4 Å². The fraction of sp³-hybridized carbons (Fsp3) is 0.333. The molecule has 2 amide bonds. The lowest BCUT2D eigenvalue weighted by Gasteiger charge is -1.99. The monoisotopic (exact) mass is 102 g/mol. The minimum atomic E-state index is -0.0486. The minimum Gasteiger partial charge on any atom is -0.313 e. The van der Waals surface area contributed by atoms with E-state index in [0.717, 1.165) is 4.90 Å². The van der Waals surface area contributed by atoms with E-state index in [1.165, 1.54) is 0 Å². The van der Waals surface area contributed by atoms with Gasteiger partial charge in [0, 0.05) is 0 Å². The highest BCUT2D eigenvalue weighted by molar-refractivity contribution is 5.68. The summed E-state index contributed by atoms with van der Waals surface area (Å²) in [6, 6.07) is 0. The molecule has 0 fully saturated rings. The fourth-order valence-electron chi connectivity index (χ4n) is 0.111. The zero-order chi connectivity index (χ0) is 5.70. The molecule has 40 valence electrons. The summed E-state index contributed by atoms with van der Waals surface area (Å²) < 4.78 is 0. The molecule has 4 nitrogen and oxygen atoms in total. The predicted octanol–water partition coefficient (Wildman–Crippen LogP) is -1.48. The number of carbonyl (C=O) groups excluding carboxylic acids is 2. The van der Waals surface area contributed by atoms with Crippen molar-refractivity contribution in [3.05, 3.63) is 0 Å². The molecular formula is C3H6N2O2. The van der Waals surface area contributed by atoms with Crippen molar-refractivity contribution >= 4 is 12.8 Å². The molecule has 0 saturated carbocycles. The highest BCUT2D eigenvalue weighted by Gasteiger charge is 1.88. The van der Waals surface area contributed by atoms with E-state index in [0.29, 0.717) is 12.8 Å². The number of nitrogens with two attached hydrogens (primary N) is 1. The van der Waals surface area contributed by atoms with E-state index < -0.39 is 0 Å². The Morgan fingerprint density at radius 1 is 1.43 bits per heavy atom. The van der Waals surface area contributed by atoms with Crippen LogP contribution in [0, 0.1) is 0 Å². The fourth-order valence-corrected chi connectivity index (χ4v) is 0.111. The molecule has 0 spiro atoms. The molecule has 7 heavy (non-hydrogen) atoms. The summed E-state index contributed by atoms with van der Waals surface area (Å²) in [5, 5.41) is 0. The van der Waals surface area contributed by atoms with Crippen LogP contribution in [0.1, 0.15) is 0 Å². The average Bonchev–Trinajstić information content (AvgIpc) is 1.72. The SMILES string of the molecule is NCN(C=O)C=O. The van der Waals surface area contributed by atoms with Crippen molar-refractivity contribution in [3.8, 4) is 0 Å². The van der Waals surface area contributed by atoms with Crippen LogP contribution in [0.4, 0.5) is 0 Å². The van der Waals surface area contributed by atoms with Crippen molar-refractivity contribution in [2.75, 3.05) is 6.67 Å². The molecule has 2 N–H and O–H groups in total. The highest BCUT2D eigenvalue weighted by atomic mass is 16.2. The van der Waals surface area contributed by atoms with Crippen molar-refractivity contribution < 1.29 is 9.59 Å². The summed E-state index contributed by atoms with van der Waals surface area (Å²) in [5.74, 6) is 0. The smallest absolute Gasteiger partial charge is 0.217 e. The number of hydrogen-bond acceptors (Lipinski definition) is 3. The van der Waals surface area contributed by atoms with E-state index in [4.69, 9.17) is 5.73 Å². The second kappa shape index (κ2) is 3.30. The predicted molar refractivity (Wildman–Crippen MR) is 23.0 cm³/mol. The molecule has 0 radical (unpaired) electrons. The third-order valence-corrected chi connectivity index (χ3v) is 0.482. The maximum Gasteiger partial charge on any atom is 0.217 e. The molecule has 0 atom stereocenters. The average molecular weight is 102 g/mol. The molecule has 4 heteroatoms. The molecule has 0 saturated heterocycles. The standard InChI is InChI=1S/C3H6N2O2/c4-1-5(2-6)3-7/h2-3H,1,4H2. The van der Waals surface area contributed by atoms with E-state index in [2.05, 4.69) is 0 Å². The Morgan fingerprint density at radius 3 is 1.86 bits per heavy atom. The van der Waals surface area contributed by atoms with Crippen LogP contribution < -0.4 is 5.73 Å². The van der Waals surface area contributed by atoms with Crippen LogP contribution in [0.15, 0.2) is 0 Å². The van der Waals surface area contributed by atoms with Gasteiger partial charge in [-0.25, -0.2) is 0 Å². The Hall–Kier alpha value is -0.900. The number of imide groups is 1. The molecule has 0 aromatic carbocycles. The lowest BCUT2D eigenvalue weighted by atomic mass is 10.9. The van der Waals surface area contributed by atoms with Crippen LogP contribution in [0.2, 0.25) is 0 Å². The van der Waals surface area contributed by atoms with Gasteiger partial charge in [-0.3, -0.25) is 14.5 Å². The van der Waals surface area contributed by atoms with Crippen LogP contribution in [-0.4, -0.2) is 24.4 Å². The Labute approximate surface area is 40.9 Å². The summed E-state index contributed by atoms with van der Waals surface area (Å²) >= 11 is 0. The first kappa shape index (κ1) is 6.10. The van der Waals surface area contributed by atoms with Gasteiger partial charge in [0.25, 0.3) is 0 Å². The van der Waals surface area contributed by atoms with Gasteiger partial charge >= 0.3 is 0 Å². The van der Waals surface area contributed by atoms with Crippen molar-refractivity contribution in [2.24, 2.45) is 5.73 Å². The van der Waals surface area contributed by atoms with Gasteiger partial charge in [0.1, 0.15) is 0 Å². The Morgan fingerprint density at radius 2 is 1.86 bits per heavy atom. The summed E-state index contributed by atoms with van der Waals surface area (Å²) in [5.41, 5.74) is 4.86. The van der Waals surface area contributed by atoms with E-state index in [9.17, 15) is 9.59 Å². The van der Waals surface area contributed by atoms with Crippen LogP contribution in [0.25, 0.3) is 0 Å². The number of amides is 2. The summed E-state index contributed by atoms with van der Waals surface area (Å²) in [7, 11) is 0. The molecular weight excluding hydrogens is 96.0 g/mol. The molecule has 0 aromatic rings. The molecule has 0 heterocycles. The quantitative estimate of drug-likeness (QED) is 0.349. The summed E-state index contributed by atoms with van der Waals surface area (Å²) in [4.78, 5) is 20.0. The van der Waals surface area contributed by atoms with Crippen molar-refractivity contribution in [3.63, 3.8) is 0 Å². The van der Waals surface area contributed by atoms with E-state index in [1.807, 2.05) is 0 Å². The van der Waals surface area contributed by atoms with Crippen LogP contribution in [0.3, 0.4) is 0 Å². The lowest BCUT2D eigenvalue weighted by Crippen LogP contribution is -2.26. The molecule has 0 bridgehead atoms. The van der Waals surface area contributed by atoms with E-state index in [1.54, 1.807) is 0 Å². The lowest BCUT2D eigenvalue weighted by molar-refractivity contribution is -0.129. The molecule has 0 aromatic heterocycles.